The fourth-order valence-corrected chi connectivity index (χ4v) is 15.7. The van der Waals surface area contributed by atoms with E-state index in [0.717, 1.165) is 149 Å². The highest BCUT2D eigenvalue weighted by Crippen LogP contribution is 2.54. The van der Waals surface area contributed by atoms with Crippen LogP contribution in [0.2, 0.25) is 0 Å². The molecule has 103 heavy (non-hydrogen) atoms. The molecule has 19 rings (SSSR count). The highest BCUT2D eigenvalue weighted by atomic mass is 79.9. The average Bonchev–Trinajstić information content (AvgIpc) is 1.61. The predicted molar refractivity (Wildman–Crippen MR) is 427 cm³/mol. The number of benzene rings is 14. The fourth-order valence-electron chi connectivity index (χ4n) is 15.2. The molecule has 0 radical (unpaired) electrons. The number of rotatable bonds is 9. The number of Topliss-reactive ketones (excluding diaryl/α,β-unsaturated/α-hetero) is 2. The molecule has 1 aliphatic rings. The first-order valence-electron chi connectivity index (χ1n) is 34.8. The van der Waals surface area contributed by atoms with Crippen molar-refractivity contribution in [3.05, 3.63) is 324 Å². The molecule has 9 heteroatoms. The molecule has 0 aliphatic heterocycles. The smallest absolute Gasteiger partial charge is 0.234 e. The molecular weight excluding hydrogens is 1330 g/mol. The second-order valence-electron chi connectivity index (χ2n) is 28.6. The summed E-state index contributed by atoms with van der Waals surface area (Å²) in [6.45, 7) is 13.2. The first-order chi connectivity index (χ1) is 50.1. The molecule has 0 fully saturated rings. The molecule has 18 aromatic rings. The third kappa shape index (κ3) is 10.5. The zero-order valence-corrected chi connectivity index (χ0v) is 59.1. The summed E-state index contributed by atoms with van der Waals surface area (Å²) in [7, 11) is 0. The Bertz CT molecular complexity index is 6340. The predicted octanol–water partition coefficient (Wildman–Crippen LogP) is 27.3. The van der Waals surface area contributed by atoms with E-state index in [9.17, 15) is 9.59 Å². The number of carbonyl (C=O) groups excluding carboxylic acids is 2. The van der Waals surface area contributed by atoms with E-state index in [1.807, 2.05) is 109 Å². The Hall–Kier alpha value is -12.3. The maximum absolute atomic E-state index is 14.3. The van der Waals surface area contributed by atoms with Crippen molar-refractivity contribution in [2.24, 2.45) is 0 Å². The lowest BCUT2D eigenvalue weighted by atomic mass is 9.79. The Morgan fingerprint density at radius 3 is 1.15 bits per heavy atom. The summed E-state index contributed by atoms with van der Waals surface area (Å²) in [5, 5.41) is 7.74. The van der Waals surface area contributed by atoms with Gasteiger partial charge < -0.3 is 27.5 Å². The van der Waals surface area contributed by atoms with Crippen molar-refractivity contribution in [3.63, 3.8) is 0 Å². The molecule has 0 bridgehead atoms. The van der Waals surface area contributed by atoms with Gasteiger partial charge in [-0.05, 0) is 148 Å². The van der Waals surface area contributed by atoms with Gasteiger partial charge in [0.15, 0.2) is 11.2 Å². The summed E-state index contributed by atoms with van der Waals surface area (Å²) in [6, 6.07) is 102. The van der Waals surface area contributed by atoms with Crippen LogP contribution in [0.5, 0.6) is 0 Å². The Morgan fingerprint density at radius 2 is 0.670 bits per heavy atom. The molecule has 0 unspecified atom stereocenters. The summed E-state index contributed by atoms with van der Waals surface area (Å²) >= 11 is 3.96. The minimum Gasteiger partial charge on any atom is -0.455 e. The molecule has 4 heterocycles. The first-order valence-corrected chi connectivity index (χ1v) is 35.6. The quantitative estimate of drug-likeness (QED) is 0.132. The van der Waals surface area contributed by atoms with E-state index in [0.29, 0.717) is 39.0 Å². The molecule has 496 valence electrons. The van der Waals surface area contributed by atoms with Crippen LogP contribution in [0.1, 0.15) is 73.4 Å². The van der Waals surface area contributed by atoms with Gasteiger partial charge in [0.05, 0.1) is 11.4 Å². The number of ketones is 2. The van der Waals surface area contributed by atoms with Crippen LogP contribution >= 0.6 is 15.9 Å². The second-order valence-corrected chi connectivity index (χ2v) is 29.5. The van der Waals surface area contributed by atoms with Crippen LogP contribution in [-0.2, 0) is 10.8 Å². The van der Waals surface area contributed by atoms with E-state index in [1.165, 1.54) is 5.56 Å². The number of anilines is 6. The number of halogens is 1. The van der Waals surface area contributed by atoms with Crippen LogP contribution in [0.4, 0.5) is 34.1 Å². The van der Waals surface area contributed by atoms with E-state index in [2.05, 4.69) is 249 Å². The van der Waals surface area contributed by atoms with E-state index in [4.69, 9.17) is 17.7 Å². The molecule has 1 aliphatic carbocycles. The molecule has 0 spiro atoms. The van der Waals surface area contributed by atoms with Gasteiger partial charge in [-0.2, -0.15) is 0 Å². The SMILES string of the molecule is CC(C)(C)c1ccc2c(c1)oc1c(-c3ccc(-c4ccccc4)c4oc5c(N(c6ccccc6)c6ccccc6)cccc5c34)c(Br)ccc12.CC(C)(C)c1ccc2c(c1)oc1c3c(ccc12)C(=O)C(=O)c1cc(-c2ccccc2)c2oc4c(N(c5ccccc5)c5ccccc5)cccc4c2c1-3. The van der Waals surface area contributed by atoms with Crippen molar-refractivity contribution >= 4 is 149 Å². The Balaban J connectivity index is 0.000000147. The molecule has 0 atom stereocenters. The lowest BCUT2D eigenvalue weighted by Crippen LogP contribution is -2.21. The van der Waals surface area contributed by atoms with Gasteiger partial charge in [-0.25, -0.2) is 0 Å². The lowest BCUT2D eigenvalue weighted by molar-refractivity contribution is 0.0815. The summed E-state index contributed by atoms with van der Waals surface area (Å²) in [4.78, 5) is 32.8. The molecule has 0 saturated heterocycles. The van der Waals surface area contributed by atoms with Gasteiger partial charge in [0, 0.05) is 109 Å². The van der Waals surface area contributed by atoms with Crippen LogP contribution < -0.4 is 9.80 Å². The molecule has 14 aromatic carbocycles. The standard InChI is InChI=1S/C48H33NO4.C46H34BrNO2/c1-48(2,3)29-22-23-32-33-24-25-34-41(46(33)52-39(32)26-29)40-37(44(51)43(34)50)27-36(28-14-7-4-8-15-28)47-42(40)35-20-13-21-38(45(35)53-47)49(30-16-9-5-10-17-30)31-18-11-6-12-19-31;1-46(2,3)30-22-23-34-35-26-27-38(47)42(45(35)49-40(34)28-30)36-25-24-33(29-14-7-4-8-15-29)44-41(36)37-20-13-21-39(43(37)50-44)48(31-16-9-5-10-17-31)32-18-11-6-12-19-32/h4-27H,1-3H3;4-28H,1-3H3. The maximum Gasteiger partial charge on any atom is 0.234 e. The number of carbonyl (C=O) groups is 2. The molecule has 4 aromatic heterocycles. The van der Waals surface area contributed by atoms with Crippen LogP contribution in [0.3, 0.4) is 0 Å². The number of para-hydroxylation sites is 6. The average molecular weight is 1400 g/mol. The molecule has 0 amide bonds. The minimum atomic E-state index is -0.545. The summed E-state index contributed by atoms with van der Waals surface area (Å²) < 4.78 is 28.8. The first kappa shape index (κ1) is 62.9. The van der Waals surface area contributed by atoms with E-state index < -0.39 is 11.6 Å². The number of hydrogen-bond donors (Lipinski definition) is 0. The van der Waals surface area contributed by atoms with Crippen LogP contribution in [-0.4, -0.2) is 11.6 Å². The van der Waals surface area contributed by atoms with E-state index in [1.54, 1.807) is 6.07 Å². The van der Waals surface area contributed by atoms with Crippen LogP contribution in [0, 0.1) is 0 Å². The zero-order valence-electron chi connectivity index (χ0n) is 57.5. The Morgan fingerprint density at radius 1 is 0.282 bits per heavy atom. The van der Waals surface area contributed by atoms with E-state index in [-0.39, 0.29) is 10.8 Å². The van der Waals surface area contributed by atoms with Gasteiger partial charge in [-0.1, -0.05) is 246 Å². The van der Waals surface area contributed by atoms with Gasteiger partial charge in [-0.3, -0.25) is 9.59 Å². The highest BCUT2D eigenvalue weighted by molar-refractivity contribution is 9.10. The Labute approximate surface area is 603 Å². The summed E-state index contributed by atoms with van der Waals surface area (Å²) in [5.41, 5.74) is 22.0. The highest BCUT2D eigenvalue weighted by Gasteiger charge is 2.38. The van der Waals surface area contributed by atoms with Crippen molar-refractivity contribution in [1.29, 1.82) is 0 Å². The normalized spacial score (nSPS) is 12.5. The minimum absolute atomic E-state index is 0.0107. The fraction of sp³-hybridized carbons (Fsp3) is 0.0851. The number of nitrogens with zero attached hydrogens (tertiary/aromatic N) is 2. The van der Waals surface area contributed by atoms with Gasteiger partial charge in [0.2, 0.25) is 11.6 Å². The van der Waals surface area contributed by atoms with Gasteiger partial charge >= 0.3 is 0 Å². The topological polar surface area (TPSA) is 93.2 Å². The second kappa shape index (κ2) is 24.5. The third-order valence-electron chi connectivity index (χ3n) is 20.3. The van der Waals surface area contributed by atoms with Crippen molar-refractivity contribution in [2.45, 2.75) is 52.4 Å². The van der Waals surface area contributed by atoms with Crippen LogP contribution in [0.15, 0.2) is 319 Å². The molecule has 0 N–H and O–H groups in total. The van der Waals surface area contributed by atoms with Gasteiger partial charge in [0.25, 0.3) is 0 Å². The zero-order chi connectivity index (χ0) is 70.0. The number of hydrogen-bond acceptors (Lipinski definition) is 8. The van der Waals surface area contributed by atoms with Crippen molar-refractivity contribution < 1.29 is 27.3 Å². The van der Waals surface area contributed by atoms with Crippen LogP contribution in [0.25, 0.3) is 132 Å². The number of fused-ring (bicyclic) bond motifs is 17. The monoisotopic (exact) mass is 1400 g/mol. The van der Waals surface area contributed by atoms with Crippen molar-refractivity contribution in [2.75, 3.05) is 9.80 Å². The van der Waals surface area contributed by atoms with Gasteiger partial charge in [0.1, 0.15) is 33.5 Å². The summed E-state index contributed by atoms with van der Waals surface area (Å²) in [5.74, 6) is -1.09. The third-order valence-corrected chi connectivity index (χ3v) is 20.9. The maximum atomic E-state index is 14.3. The molecule has 8 nitrogen and oxygen atoms in total. The van der Waals surface area contributed by atoms with Gasteiger partial charge in [-0.15, -0.1) is 0 Å². The van der Waals surface area contributed by atoms with Crippen molar-refractivity contribution in [1.82, 2.24) is 0 Å². The number of furan rings is 4. The molecular formula is C94H67BrN2O6. The van der Waals surface area contributed by atoms with E-state index >= 15 is 0 Å². The van der Waals surface area contributed by atoms with Crippen molar-refractivity contribution in [3.8, 4) is 44.5 Å². The molecule has 0 saturated carbocycles. The lowest BCUT2D eigenvalue weighted by Gasteiger charge is -2.25. The summed E-state index contributed by atoms with van der Waals surface area (Å²) in [6.07, 6.45) is 0. The largest absolute Gasteiger partial charge is 0.455 e. The Kier molecular flexibility index (Phi) is 15.0.